The van der Waals surface area contributed by atoms with Crippen molar-refractivity contribution in [2.45, 2.75) is 40.2 Å². The Bertz CT molecular complexity index is 1200. The van der Waals surface area contributed by atoms with Crippen molar-refractivity contribution in [2.24, 2.45) is 11.0 Å². The van der Waals surface area contributed by atoms with Gasteiger partial charge in [0.25, 0.3) is 11.8 Å². The second-order valence-corrected chi connectivity index (χ2v) is 8.90. The van der Waals surface area contributed by atoms with Crippen LogP contribution in [-0.2, 0) is 9.59 Å². The molecule has 0 aliphatic carbocycles. The maximum Gasteiger partial charge on any atom is 0.262 e. The van der Waals surface area contributed by atoms with E-state index in [-0.39, 0.29) is 24.3 Å². The quantitative estimate of drug-likeness (QED) is 0.333. The number of benzene rings is 3. The molecule has 35 heavy (non-hydrogen) atoms. The van der Waals surface area contributed by atoms with Crippen molar-refractivity contribution in [3.8, 4) is 11.5 Å². The van der Waals surface area contributed by atoms with E-state index in [4.69, 9.17) is 9.47 Å². The van der Waals surface area contributed by atoms with E-state index in [0.717, 1.165) is 33.2 Å². The van der Waals surface area contributed by atoms with Crippen molar-refractivity contribution in [1.29, 1.82) is 0 Å². The topological polar surface area (TPSA) is 89.0 Å². The number of carbonyl (C=O) groups excluding carboxylic acids is 2. The van der Waals surface area contributed by atoms with Gasteiger partial charge in [-0.3, -0.25) is 9.59 Å². The highest BCUT2D eigenvalue weighted by molar-refractivity contribution is 6.02. The number of methoxy groups -OCH3 is 1. The van der Waals surface area contributed by atoms with E-state index in [2.05, 4.69) is 15.8 Å². The smallest absolute Gasteiger partial charge is 0.262 e. The second kappa shape index (κ2) is 12.0. The summed E-state index contributed by atoms with van der Waals surface area (Å²) < 4.78 is 11.2. The number of rotatable bonds is 10. The van der Waals surface area contributed by atoms with Crippen molar-refractivity contribution in [1.82, 2.24) is 10.7 Å². The lowest BCUT2D eigenvalue weighted by Gasteiger charge is -2.19. The normalized spacial score (nSPS) is 12.1. The summed E-state index contributed by atoms with van der Waals surface area (Å²) in [6.45, 7) is 7.67. The van der Waals surface area contributed by atoms with E-state index >= 15 is 0 Å². The number of hydrogen-bond donors (Lipinski definition) is 2. The summed E-state index contributed by atoms with van der Waals surface area (Å²) in [5, 5.41) is 8.85. The van der Waals surface area contributed by atoms with Crippen LogP contribution in [-0.4, -0.2) is 37.8 Å². The molecule has 0 radical (unpaired) electrons. The lowest BCUT2D eigenvalue weighted by Crippen LogP contribution is -2.47. The van der Waals surface area contributed by atoms with Gasteiger partial charge in [0.15, 0.2) is 6.61 Å². The van der Waals surface area contributed by atoms with Crippen LogP contribution in [0.1, 0.15) is 37.0 Å². The largest absolute Gasteiger partial charge is 0.496 e. The summed E-state index contributed by atoms with van der Waals surface area (Å²) in [6.07, 6.45) is 2.07. The number of carbonyl (C=O) groups is 2. The molecule has 0 aliphatic heterocycles. The van der Waals surface area contributed by atoms with Crippen LogP contribution in [0.5, 0.6) is 11.5 Å². The molecule has 7 heteroatoms. The fourth-order valence-corrected chi connectivity index (χ4v) is 3.93. The summed E-state index contributed by atoms with van der Waals surface area (Å²) >= 11 is 0. The van der Waals surface area contributed by atoms with Crippen LogP contribution in [0.4, 0.5) is 0 Å². The Hall–Kier alpha value is -3.87. The summed E-state index contributed by atoms with van der Waals surface area (Å²) in [6, 6.07) is 16.6. The third-order valence-corrected chi connectivity index (χ3v) is 5.63. The number of fused-ring (bicyclic) bond motifs is 1. The molecule has 0 spiro atoms. The van der Waals surface area contributed by atoms with Crippen LogP contribution in [0.3, 0.4) is 0 Å². The molecule has 2 amide bonds. The molecule has 0 fully saturated rings. The van der Waals surface area contributed by atoms with E-state index < -0.39 is 6.04 Å². The van der Waals surface area contributed by atoms with Crippen LogP contribution in [0.25, 0.3) is 10.8 Å². The van der Waals surface area contributed by atoms with Crippen molar-refractivity contribution in [3.05, 3.63) is 71.3 Å². The van der Waals surface area contributed by atoms with Gasteiger partial charge in [-0.15, -0.1) is 0 Å². The predicted octanol–water partition coefficient (Wildman–Crippen LogP) is 4.53. The second-order valence-electron chi connectivity index (χ2n) is 8.90. The predicted molar refractivity (Wildman–Crippen MR) is 139 cm³/mol. The van der Waals surface area contributed by atoms with Crippen molar-refractivity contribution >= 4 is 28.8 Å². The molecule has 0 saturated heterocycles. The van der Waals surface area contributed by atoms with Gasteiger partial charge in [-0.25, -0.2) is 5.43 Å². The molecule has 0 unspecified atom stereocenters. The molecule has 1 atom stereocenters. The summed E-state index contributed by atoms with van der Waals surface area (Å²) in [5.74, 6) is 0.903. The van der Waals surface area contributed by atoms with Crippen molar-refractivity contribution in [2.75, 3.05) is 13.7 Å². The van der Waals surface area contributed by atoms with Crippen LogP contribution >= 0.6 is 0 Å². The summed E-state index contributed by atoms with van der Waals surface area (Å²) in [4.78, 5) is 25.4. The molecular weight excluding hydrogens is 442 g/mol. The number of aryl methyl sites for hydroxylation is 2. The standard InChI is InChI=1S/C28H33N3O4/c1-18(2)15-24(30-26(32)17-35-27-19(3)9-8-10-20(27)4)28(33)31-29-16-21-13-14-25(34-5)23-12-7-6-11-22(21)23/h6-14,16,18,24H,15,17H2,1-5H3,(H,30,32)(H,31,33)/b29-16-/t24-/m1/s1. The van der Waals surface area contributed by atoms with Gasteiger partial charge in [0.2, 0.25) is 0 Å². The van der Waals surface area contributed by atoms with Gasteiger partial charge in [-0.1, -0.05) is 56.3 Å². The molecule has 2 N–H and O–H groups in total. The van der Waals surface area contributed by atoms with Gasteiger partial charge in [-0.05, 0) is 54.8 Å². The SMILES string of the molecule is COc1ccc(/C=N\NC(=O)[C@@H](CC(C)C)NC(=O)COc2c(C)cccc2C)c2ccccc12. The zero-order valence-corrected chi connectivity index (χ0v) is 20.9. The average Bonchev–Trinajstić information content (AvgIpc) is 2.83. The fraction of sp³-hybridized carbons (Fsp3) is 0.321. The molecule has 3 aromatic carbocycles. The number of hydrazone groups is 1. The van der Waals surface area contributed by atoms with Crippen LogP contribution in [0, 0.1) is 19.8 Å². The molecule has 0 aromatic heterocycles. The highest BCUT2D eigenvalue weighted by Gasteiger charge is 2.22. The number of nitrogens with zero attached hydrogens (tertiary/aromatic N) is 1. The average molecular weight is 476 g/mol. The molecule has 3 aromatic rings. The minimum absolute atomic E-state index is 0.172. The first-order valence-electron chi connectivity index (χ1n) is 11.7. The monoisotopic (exact) mass is 475 g/mol. The fourth-order valence-electron chi connectivity index (χ4n) is 3.93. The Labute approximate surface area is 206 Å². The summed E-state index contributed by atoms with van der Waals surface area (Å²) in [5.41, 5.74) is 5.32. The summed E-state index contributed by atoms with van der Waals surface area (Å²) in [7, 11) is 1.63. The van der Waals surface area contributed by atoms with E-state index in [0.29, 0.717) is 12.2 Å². The lowest BCUT2D eigenvalue weighted by molar-refractivity contribution is -0.130. The highest BCUT2D eigenvalue weighted by atomic mass is 16.5. The van der Waals surface area contributed by atoms with Gasteiger partial charge in [0, 0.05) is 10.9 Å². The van der Waals surface area contributed by atoms with Gasteiger partial charge in [0.05, 0.1) is 13.3 Å². The van der Waals surface area contributed by atoms with Crippen molar-refractivity contribution in [3.63, 3.8) is 0 Å². The van der Waals surface area contributed by atoms with E-state index in [1.807, 2.05) is 82.3 Å². The molecule has 0 saturated carbocycles. The van der Waals surface area contributed by atoms with Gasteiger partial charge >= 0.3 is 0 Å². The number of amides is 2. The van der Waals surface area contributed by atoms with E-state index in [1.54, 1.807) is 13.3 Å². The molecule has 7 nitrogen and oxygen atoms in total. The lowest BCUT2D eigenvalue weighted by atomic mass is 10.0. The Morgan fingerprint density at radius 2 is 1.66 bits per heavy atom. The van der Waals surface area contributed by atoms with Crippen molar-refractivity contribution < 1.29 is 19.1 Å². The number of ether oxygens (including phenoxy) is 2. The Morgan fingerprint density at radius 1 is 0.971 bits per heavy atom. The Kier molecular flexibility index (Phi) is 8.84. The van der Waals surface area contributed by atoms with E-state index in [9.17, 15) is 9.59 Å². The van der Waals surface area contributed by atoms with Crippen LogP contribution < -0.4 is 20.2 Å². The maximum absolute atomic E-state index is 12.9. The molecule has 0 aliphatic rings. The molecular formula is C28H33N3O4. The first-order chi connectivity index (χ1) is 16.8. The third-order valence-electron chi connectivity index (χ3n) is 5.63. The minimum atomic E-state index is -0.728. The Balaban J connectivity index is 1.65. The molecule has 3 rings (SSSR count). The van der Waals surface area contributed by atoms with Gasteiger partial charge in [-0.2, -0.15) is 5.10 Å². The van der Waals surface area contributed by atoms with Crippen LogP contribution in [0.2, 0.25) is 0 Å². The number of nitrogens with one attached hydrogen (secondary N) is 2. The Morgan fingerprint density at radius 3 is 2.31 bits per heavy atom. The maximum atomic E-state index is 12.9. The zero-order chi connectivity index (χ0) is 25.4. The first-order valence-corrected chi connectivity index (χ1v) is 11.7. The number of para-hydroxylation sites is 1. The molecule has 0 bridgehead atoms. The highest BCUT2D eigenvalue weighted by Crippen LogP contribution is 2.27. The first kappa shape index (κ1) is 25.7. The van der Waals surface area contributed by atoms with Gasteiger partial charge in [0.1, 0.15) is 17.5 Å². The van der Waals surface area contributed by atoms with Crippen LogP contribution in [0.15, 0.2) is 59.7 Å². The molecule has 0 heterocycles. The number of hydrogen-bond acceptors (Lipinski definition) is 5. The minimum Gasteiger partial charge on any atom is -0.496 e. The third kappa shape index (κ3) is 6.82. The zero-order valence-electron chi connectivity index (χ0n) is 20.9. The van der Waals surface area contributed by atoms with Gasteiger partial charge < -0.3 is 14.8 Å². The molecule has 184 valence electrons. The van der Waals surface area contributed by atoms with E-state index in [1.165, 1.54) is 0 Å².